The van der Waals surface area contributed by atoms with E-state index >= 15 is 0 Å². The van der Waals surface area contributed by atoms with E-state index in [1.807, 2.05) is 24.3 Å². The van der Waals surface area contributed by atoms with Crippen molar-refractivity contribution in [3.8, 4) is 5.75 Å². The number of hydrogen-bond acceptors (Lipinski definition) is 4. The first-order valence-corrected chi connectivity index (χ1v) is 10.1. The molecule has 8 heteroatoms. The molecule has 0 atom stereocenters. The molecule has 0 aliphatic carbocycles. The standard InChI is InChI=1S/C22H15BrClN3O3/c23-16-9-10-20(30-13-14-5-1-3-7-18(14)24)15(11-16)12-25-27-21(28)17-6-2-4-8-19(17)26-22(27)29/h1-12H,13H2,(H,26,29). The van der Waals surface area contributed by atoms with Crippen LogP contribution < -0.4 is 16.0 Å². The fourth-order valence-corrected chi connectivity index (χ4v) is 3.47. The van der Waals surface area contributed by atoms with Gasteiger partial charge in [-0.2, -0.15) is 5.10 Å². The molecular formula is C22H15BrClN3O3. The molecular weight excluding hydrogens is 470 g/mol. The van der Waals surface area contributed by atoms with Crippen LogP contribution >= 0.6 is 27.5 Å². The molecule has 30 heavy (non-hydrogen) atoms. The minimum absolute atomic E-state index is 0.263. The average molecular weight is 485 g/mol. The topological polar surface area (TPSA) is 76.5 Å². The average Bonchev–Trinajstić information content (AvgIpc) is 2.74. The third-order valence-electron chi connectivity index (χ3n) is 4.41. The van der Waals surface area contributed by atoms with Crippen LogP contribution in [0.15, 0.2) is 85.9 Å². The van der Waals surface area contributed by atoms with Gasteiger partial charge in [0.2, 0.25) is 0 Å². The molecule has 1 N–H and O–H groups in total. The zero-order valence-electron chi connectivity index (χ0n) is 15.5. The Morgan fingerprint density at radius 3 is 2.67 bits per heavy atom. The molecule has 0 spiro atoms. The van der Waals surface area contributed by atoms with E-state index in [9.17, 15) is 9.59 Å². The highest BCUT2D eigenvalue weighted by Crippen LogP contribution is 2.24. The van der Waals surface area contributed by atoms with E-state index in [0.29, 0.717) is 27.2 Å². The molecule has 0 aliphatic heterocycles. The maximum Gasteiger partial charge on any atom is 0.349 e. The normalized spacial score (nSPS) is 11.3. The van der Waals surface area contributed by atoms with Crippen LogP contribution in [0.5, 0.6) is 5.75 Å². The van der Waals surface area contributed by atoms with Crippen molar-refractivity contribution in [2.45, 2.75) is 6.61 Å². The van der Waals surface area contributed by atoms with Gasteiger partial charge in [-0.25, -0.2) is 4.79 Å². The summed E-state index contributed by atoms with van der Waals surface area (Å²) < 4.78 is 7.50. The SMILES string of the molecule is O=c1[nH]c2ccccc2c(=O)n1N=Cc1cc(Br)ccc1OCc1ccccc1Cl. The Bertz CT molecular complexity index is 1380. The van der Waals surface area contributed by atoms with Crippen LogP contribution in [-0.4, -0.2) is 15.9 Å². The minimum Gasteiger partial charge on any atom is -0.488 e. The first-order valence-electron chi connectivity index (χ1n) is 8.97. The summed E-state index contributed by atoms with van der Waals surface area (Å²) in [6.07, 6.45) is 1.41. The van der Waals surface area contributed by atoms with Crippen molar-refractivity contribution in [3.05, 3.63) is 108 Å². The van der Waals surface area contributed by atoms with Crippen LogP contribution in [0.4, 0.5) is 0 Å². The predicted molar refractivity (Wildman–Crippen MR) is 122 cm³/mol. The van der Waals surface area contributed by atoms with E-state index < -0.39 is 11.2 Å². The van der Waals surface area contributed by atoms with E-state index in [1.54, 1.807) is 42.5 Å². The summed E-state index contributed by atoms with van der Waals surface area (Å²) in [6, 6.07) is 19.6. The molecule has 0 saturated heterocycles. The van der Waals surface area contributed by atoms with Crippen molar-refractivity contribution in [2.24, 2.45) is 5.10 Å². The van der Waals surface area contributed by atoms with Crippen LogP contribution in [-0.2, 0) is 6.61 Å². The fourth-order valence-electron chi connectivity index (χ4n) is 2.90. The van der Waals surface area contributed by atoms with Crippen LogP contribution in [0.25, 0.3) is 10.9 Å². The maximum absolute atomic E-state index is 12.6. The Morgan fingerprint density at radius 2 is 1.83 bits per heavy atom. The van der Waals surface area contributed by atoms with E-state index in [0.717, 1.165) is 14.7 Å². The van der Waals surface area contributed by atoms with Gasteiger partial charge in [0.1, 0.15) is 12.4 Å². The van der Waals surface area contributed by atoms with Crippen molar-refractivity contribution < 1.29 is 4.74 Å². The number of para-hydroxylation sites is 1. The highest BCUT2D eigenvalue weighted by atomic mass is 79.9. The van der Waals surface area contributed by atoms with Crippen LogP contribution in [0.2, 0.25) is 5.02 Å². The molecule has 4 aromatic rings. The highest BCUT2D eigenvalue weighted by molar-refractivity contribution is 9.10. The molecule has 1 heterocycles. The Kier molecular flexibility index (Phi) is 5.83. The van der Waals surface area contributed by atoms with E-state index in [2.05, 4.69) is 26.0 Å². The molecule has 6 nitrogen and oxygen atoms in total. The summed E-state index contributed by atoms with van der Waals surface area (Å²) in [6.45, 7) is 0.263. The van der Waals surface area contributed by atoms with Crippen LogP contribution in [0.1, 0.15) is 11.1 Å². The summed E-state index contributed by atoms with van der Waals surface area (Å²) in [5.74, 6) is 0.534. The van der Waals surface area contributed by atoms with Gasteiger partial charge in [0, 0.05) is 20.6 Å². The smallest absolute Gasteiger partial charge is 0.349 e. The monoisotopic (exact) mass is 483 g/mol. The van der Waals surface area contributed by atoms with Gasteiger partial charge in [-0.05, 0) is 36.4 Å². The van der Waals surface area contributed by atoms with Gasteiger partial charge < -0.3 is 9.72 Å². The summed E-state index contributed by atoms with van der Waals surface area (Å²) in [4.78, 5) is 27.6. The second-order valence-electron chi connectivity index (χ2n) is 6.40. The zero-order chi connectivity index (χ0) is 21.1. The summed E-state index contributed by atoms with van der Waals surface area (Å²) in [5, 5.41) is 5.09. The van der Waals surface area contributed by atoms with Gasteiger partial charge in [0.25, 0.3) is 5.56 Å². The van der Waals surface area contributed by atoms with Gasteiger partial charge in [-0.1, -0.05) is 57.9 Å². The number of hydrogen-bond donors (Lipinski definition) is 1. The van der Waals surface area contributed by atoms with Crippen molar-refractivity contribution in [1.29, 1.82) is 0 Å². The fraction of sp³-hybridized carbons (Fsp3) is 0.0455. The van der Waals surface area contributed by atoms with E-state index in [-0.39, 0.29) is 6.61 Å². The zero-order valence-corrected chi connectivity index (χ0v) is 17.9. The predicted octanol–water partition coefficient (Wildman–Crippen LogP) is 4.57. The number of aromatic amines is 1. The maximum atomic E-state index is 12.6. The van der Waals surface area contributed by atoms with Gasteiger partial charge in [0.15, 0.2) is 0 Å². The number of halogens is 2. The molecule has 0 fully saturated rings. The summed E-state index contributed by atoms with van der Waals surface area (Å²) >= 11 is 9.61. The summed E-state index contributed by atoms with van der Waals surface area (Å²) in [7, 11) is 0. The third-order valence-corrected chi connectivity index (χ3v) is 5.27. The lowest BCUT2D eigenvalue weighted by atomic mass is 10.2. The largest absolute Gasteiger partial charge is 0.488 e. The molecule has 3 aromatic carbocycles. The number of fused-ring (bicyclic) bond motifs is 1. The minimum atomic E-state index is -0.622. The number of benzene rings is 3. The van der Waals surface area contributed by atoms with Crippen LogP contribution in [0, 0.1) is 0 Å². The molecule has 0 unspecified atom stereocenters. The van der Waals surface area contributed by atoms with Gasteiger partial charge >= 0.3 is 5.69 Å². The van der Waals surface area contributed by atoms with Gasteiger partial charge in [-0.3, -0.25) is 4.79 Å². The Hall–Kier alpha value is -3.16. The van der Waals surface area contributed by atoms with Crippen molar-refractivity contribution >= 4 is 44.6 Å². The molecule has 150 valence electrons. The number of ether oxygens (including phenoxy) is 1. The highest BCUT2D eigenvalue weighted by Gasteiger charge is 2.08. The third kappa shape index (κ3) is 4.22. The van der Waals surface area contributed by atoms with E-state index in [1.165, 1.54) is 6.21 Å². The number of nitrogens with one attached hydrogen (secondary N) is 1. The Labute approximate surface area is 184 Å². The number of nitrogens with zero attached hydrogens (tertiary/aromatic N) is 2. The molecule has 0 aliphatic rings. The molecule has 4 rings (SSSR count). The van der Waals surface area contributed by atoms with Crippen molar-refractivity contribution in [3.63, 3.8) is 0 Å². The summed E-state index contributed by atoms with van der Waals surface area (Å²) in [5.41, 5.74) is 0.774. The van der Waals surface area contributed by atoms with Crippen molar-refractivity contribution in [2.75, 3.05) is 0 Å². The molecule has 0 radical (unpaired) electrons. The molecule has 0 bridgehead atoms. The van der Waals surface area contributed by atoms with E-state index in [4.69, 9.17) is 16.3 Å². The molecule has 0 amide bonds. The number of aromatic nitrogens is 2. The van der Waals surface area contributed by atoms with Crippen molar-refractivity contribution in [1.82, 2.24) is 9.66 Å². The second kappa shape index (κ2) is 8.69. The quantitative estimate of drug-likeness (QED) is 0.422. The molecule has 0 saturated carbocycles. The second-order valence-corrected chi connectivity index (χ2v) is 7.72. The van der Waals surface area contributed by atoms with Crippen LogP contribution in [0.3, 0.4) is 0 Å². The first kappa shape index (κ1) is 20.1. The number of rotatable bonds is 5. The first-order chi connectivity index (χ1) is 14.5. The van der Waals surface area contributed by atoms with Gasteiger partial charge in [0.05, 0.1) is 17.1 Å². The molecule has 1 aromatic heterocycles. The lowest BCUT2D eigenvalue weighted by Gasteiger charge is -2.10. The Morgan fingerprint density at radius 1 is 1.07 bits per heavy atom. The lowest BCUT2D eigenvalue weighted by molar-refractivity contribution is 0.306. The lowest BCUT2D eigenvalue weighted by Crippen LogP contribution is -2.32. The van der Waals surface area contributed by atoms with Gasteiger partial charge in [-0.15, -0.1) is 4.68 Å². The Balaban J connectivity index is 1.68. The number of H-pyrrole nitrogens is 1.